The lowest BCUT2D eigenvalue weighted by molar-refractivity contribution is 0.0597. The number of phenolic OH excluding ortho intramolecular Hbond substituents is 1. The van der Waals surface area contributed by atoms with Crippen LogP contribution in [0.4, 0.5) is 0 Å². The Bertz CT molecular complexity index is 385. The maximum absolute atomic E-state index is 11.4. The number of hydrogen-bond donors (Lipinski definition) is 1. The number of hydrogen-bond acceptors (Lipinski definition) is 4. The number of benzene rings is 1. The molecule has 0 aliphatic heterocycles. The minimum atomic E-state index is -0.544. The Morgan fingerprint density at radius 3 is 2.56 bits per heavy atom. The van der Waals surface area contributed by atoms with Gasteiger partial charge in [0.1, 0.15) is 17.1 Å². The lowest BCUT2D eigenvalue weighted by atomic mass is 10.0. The van der Waals surface area contributed by atoms with E-state index in [1.165, 1.54) is 20.3 Å². The van der Waals surface area contributed by atoms with Crippen molar-refractivity contribution in [1.29, 1.82) is 0 Å². The van der Waals surface area contributed by atoms with Crippen LogP contribution in [0.2, 0.25) is 0 Å². The molecule has 0 aromatic heterocycles. The first-order valence-electron chi connectivity index (χ1n) is 5.12. The SMILES string of the molecule is CCCc1c(OC)ccc(C(=O)OC)c1O. The van der Waals surface area contributed by atoms with E-state index in [0.29, 0.717) is 17.7 Å². The summed E-state index contributed by atoms with van der Waals surface area (Å²) in [5.41, 5.74) is 0.819. The largest absolute Gasteiger partial charge is 0.507 e. The molecule has 0 bridgehead atoms. The summed E-state index contributed by atoms with van der Waals surface area (Å²) in [4.78, 5) is 11.4. The number of carbonyl (C=O) groups excluding carboxylic acids is 1. The molecule has 1 aromatic carbocycles. The number of rotatable bonds is 4. The summed E-state index contributed by atoms with van der Waals surface area (Å²) in [7, 11) is 2.82. The highest BCUT2D eigenvalue weighted by molar-refractivity contribution is 5.93. The standard InChI is InChI=1S/C12H16O4/c1-4-5-8-10(15-2)7-6-9(11(8)13)12(14)16-3/h6-7,13H,4-5H2,1-3H3. The van der Waals surface area contributed by atoms with Crippen molar-refractivity contribution in [2.24, 2.45) is 0 Å². The second-order valence-corrected chi connectivity index (χ2v) is 3.38. The molecule has 0 aliphatic rings. The molecule has 16 heavy (non-hydrogen) atoms. The van der Waals surface area contributed by atoms with Crippen molar-refractivity contribution in [2.75, 3.05) is 14.2 Å². The van der Waals surface area contributed by atoms with Gasteiger partial charge in [-0.3, -0.25) is 0 Å². The van der Waals surface area contributed by atoms with E-state index < -0.39 is 5.97 Å². The zero-order valence-corrected chi connectivity index (χ0v) is 9.74. The monoisotopic (exact) mass is 224 g/mol. The molecule has 0 spiro atoms. The number of phenols is 1. The summed E-state index contributed by atoms with van der Waals surface area (Å²) in [5, 5.41) is 9.95. The highest BCUT2D eigenvalue weighted by Crippen LogP contribution is 2.32. The van der Waals surface area contributed by atoms with E-state index in [2.05, 4.69) is 4.74 Å². The number of carbonyl (C=O) groups is 1. The van der Waals surface area contributed by atoms with Gasteiger partial charge in [-0.05, 0) is 18.6 Å². The van der Waals surface area contributed by atoms with Gasteiger partial charge in [0.2, 0.25) is 0 Å². The molecule has 4 heteroatoms. The van der Waals surface area contributed by atoms with Gasteiger partial charge < -0.3 is 14.6 Å². The van der Waals surface area contributed by atoms with E-state index in [9.17, 15) is 9.90 Å². The van der Waals surface area contributed by atoms with E-state index in [0.717, 1.165) is 6.42 Å². The summed E-state index contributed by atoms with van der Waals surface area (Å²) in [6, 6.07) is 3.16. The Morgan fingerprint density at radius 1 is 1.38 bits per heavy atom. The van der Waals surface area contributed by atoms with E-state index in [1.807, 2.05) is 6.92 Å². The molecule has 0 heterocycles. The fraction of sp³-hybridized carbons (Fsp3) is 0.417. The molecule has 88 valence electrons. The summed E-state index contributed by atoms with van der Waals surface area (Å²) in [6.45, 7) is 1.99. The first-order valence-corrected chi connectivity index (χ1v) is 5.12. The third-order valence-electron chi connectivity index (χ3n) is 2.36. The molecule has 0 unspecified atom stereocenters. The van der Waals surface area contributed by atoms with Crippen LogP contribution in [0.5, 0.6) is 11.5 Å². The van der Waals surface area contributed by atoms with Crippen LogP contribution in [0, 0.1) is 0 Å². The fourth-order valence-corrected chi connectivity index (χ4v) is 1.58. The Morgan fingerprint density at radius 2 is 2.06 bits per heavy atom. The van der Waals surface area contributed by atoms with E-state index in [4.69, 9.17) is 4.74 Å². The Kier molecular flexibility index (Phi) is 4.17. The van der Waals surface area contributed by atoms with Gasteiger partial charge in [-0.1, -0.05) is 13.3 Å². The molecule has 4 nitrogen and oxygen atoms in total. The average molecular weight is 224 g/mol. The third-order valence-corrected chi connectivity index (χ3v) is 2.36. The predicted molar refractivity (Wildman–Crippen MR) is 60.0 cm³/mol. The molecule has 1 N–H and O–H groups in total. The Balaban J connectivity index is 3.25. The zero-order chi connectivity index (χ0) is 12.1. The lowest BCUT2D eigenvalue weighted by Crippen LogP contribution is -2.04. The quantitative estimate of drug-likeness (QED) is 0.796. The molecular weight excluding hydrogens is 208 g/mol. The Hall–Kier alpha value is -1.71. The molecule has 0 atom stereocenters. The van der Waals surface area contributed by atoms with E-state index in [1.54, 1.807) is 6.07 Å². The normalized spacial score (nSPS) is 9.94. The molecule has 0 aliphatic carbocycles. The van der Waals surface area contributed by atoms with Gasteiger partial charge in [-0.15, -0.1) is 0 Å². The number of aromatic hydroxyl groups is 1. The summed E-state index contributed by atoms with van der Waals surface area (Å²) in [5.74, 6) is -0.00226. The van der Waals surface area contributed by atoms with Gasteiger partial charge in [-0.25, -0.2) is 4.79 Å². The highest BCUT2D eigenvalue weighted by atomic mass is 16.5. The average Bonchev–Trinajstić information content (AvgIpc) is 2.31. The fourth-order valence-electron chi connectivity index (χ4n) is 1.58. The second kappa shape index (κ2) is 5.39. The minimum absolute atomic E-state index is 0.0481. The van der Waals surface area contributed by atoms with Crippen LogP contribution in [-0.4, -0.2) is 25.3 Å². The third kappa shape index (κ3) is 2.27. The van der Waals surface area contributed by atoms with Crippen LogP contribution in [0.15, 0.2) is 12.1 Å². The predicted octanol–water partition coefficient (Wildman–Crippen LogP) is 2.14. The van der Waals surface area contributed by atoms with Crippen molar-refractivity contribution in [2.45, 2.75) is 19.8 Å². The van der Waals surface area contributed by atoms with E-state index >= 15 is 0 Å². The highest BCUT2D eigenvalue weighted by Gasteiger charge is 2.17. The lowest BCUT2D eigenvalue weighted by Gasteiger charge is -2.12. The van der Waals surface area contributed by atoms with Crippen LogP contribution in [0.1, 0.15) is 29.3 Å². The van der Waals surface area contributed by atoms with Crippen molar-refractivity contribution in [1.82, 2.24) is 0 Å². The van der Waals surface area contributed by atoms with Gasteiger partial charge in [0.05, 0.1) is 14.2 Å². The molecule has 0 amide bonds. The first kappa shape index (κ1) is 12.4. The van der Waals surface area contributed by atoms with Gasteiger partial charge in [0, 0.05) is 5.56 Å². The molecule has 1 rings (SSSR count). The van der Waals surface area contributed by atoms with Crippen LogP contribution in [0.3, 0.4) is 0 Å². The maximum Gasteiger partial charge on any atom is 0.341 e. The smallest absolute Gasteiger partial charge is 0.341 e. The van der Waals surface area contributed by atoms with Crippen molar-refractivity contribution in [3.63, 3.8) is 0 Å². The van der Waals surface area contributed by atoms with Crippen molar-refractivity contribution in [3.05, 3.63) is 23.3 Å². The molecule has 0 radical (unpaired) electrons. The number of esters is 1. The minimum Gasteiger partial charge on any atom is -0.507 e. The number of ether oxygens (including phenoxy) is 2. The van der Waals surface area contributed by atoms with Crippen molar-refractivity contribution >= 4 is 5.97 Å². The zero-order valence-electron chi connectivity index (χ0n) is 9.74. The van der Waals surface area contributed by atoms with Crippen molar-refractivity contribution < 1.29 is 19.4 Å². The van der Waals surface area contributed by atoms with Crippen LogP contribution < -0.4 is 4.74 Å². The molecule has 1 aromatic rings. The summed E-state index contributed by atoms with van der Waals surface area (Å²) in [6.07, 6.45) is 1.51. The molecular formula is C12H16O4. The maximum atomic E-state index is 11.4. The van der Waals surface area contributed by atoms with Crippen LogP contribution in [0.25, 0.3) is 0 Å². The van der Waals surface area contributed by atoms with Gasteiger partial charge in [-0.2, -0.15) is 0 Å². The van der Waals surface area contributed by atoms with Gasteiger partial charge in [0.25, 0.3) is 0 Å². The topological polar surface area (TPSA) is 55.8 Å². The first-order chi connectivity index (χ1) is 7.65. The summed E-state index contributed by atoms with van der Waals surface area (Å²) < 4.78 is 9.72. The van der Waals surface area contributed by atoms with Crippen molar-refractivity contribution in [3.8, 4) is 11.5 Å². The molecule has 0 saturated carbocycles. The molecule has 0 saturated heterocycles. The Labute approximate surface area is 94.8 Å². The van der Waals surface area contributed by atoms with Crippen LogP contribution >= 0.6 is 0 Å². The van der Waals surface area contributed by atoms with Gasteiger partial charge in [0.15, 0.2) is 0 Å². The second-order valence-electron chi connectivity index (χ2n) is 3.38. The van der Waals surface area contributed by atoms with Gasteiger partial charge >= 0.3 is 5.97 Å². The van der Waals surface area contributed by atoms with E-state index in [-0.39, 0.29) is 11.3 Å². The van der Waals surface area contributed by atoms with Crippen LogP contribution in [-0.2, 0) is 11.2 Å². The molecule has 0 fully saturated rings. The summed E-state index contributed by atoms with van der Waals surface area (Å²) >= 11 is 0. The number of methoxy groups -OCH3 is 2.